The molecule has 0 aromatic heterocycles. The molecule has 1 N–H and O–H groups in total. The van der Waals surface area contributed by atoms with Gasteiger partial charge in [-0.3, -0.25) is 4.79 Å². The van der Waals surface area contributed by atoms with E-state index < -0.39 is 0 Å². The molecule has 0 aliphatic carbocycles. The summed E-state index contributed by atoms with van der Waals surface area (Å²) in [4.78, 5) is 14.1. The van der Waals surface area contributed by atoms with E-state index in [0.717, 1.165) is 5.70 Å². The van der Waals surface area contributed by atoms with Crippen molar-refractivity contribution in [3.63, 3.8) is 0 Å². The molecule has 1 aliphatic heterocycles. The lowest BCUT2D eigenvalue weighted by molar-refractivity contribution is 0.0913. The number of hydrogen-bond acceptors (Lipinski definition) is 2. The van der Waals surface area contributed by atoms with E-state index in [4.69, 9.17) is 0 Å². The maximum Gasteiger partial charge on any atom is 0.253 e. The van der Waals surface area contributed by atoms with Gasteiger partial charge in [-0.1, -0.05) is 18.2 Å². The fourth-order valence-corrected chi connectivity index (χ4v) is 2.01. The van der Waals surface area contributed by atoms with E-state index in [1.54, 1.807) is 0 Å². The number of amides is 1. The molecule has 1 amide bonds. The van der Waals surface area contributed by atoms with E-state index in [-0.39, 0.29) is 12.1 Å². The maximum atomic E-state index is 12.1. The van der Waals surface area contributed by atoms with Crippen molar-refractivity contribution in [1.29, 1.82) is 0 Å². The summed E-state index contributed by atoms with van der Waals surface area (Å²) in [5.74, 6) is -0.0498. The Morgan fingerprint density at radius 2 is 1.89 bits per heavy atom. The van der Waals surface area contributed by atoms with Crippen molar-refractivity contribution in [2.75, 3.05) is 7.05 Å². The molecule has 1 aromatic carbocycles. The van der Waals surface area contributed by atoms with Gasteiger partial charge in [-0.05, 0) is 43.7 Å². The Hall–Kier alpha value is -2.03. The van der Waals surface area contributed by atoms with E-state index in [9.17, 15) is 4.79 Å². The van der Waals surface area contributed by atoms with Gasteiger partial charge in [0.2, 0.25) is 0 Å². The van der Waals surface area contributed by atoms with E-state index in [0.29, 0.717) is 5.56 Å². The van der Waals surface area contributed by atoms with Gasteiger partial charge in [0.1, 0.15) is 6.17 Å². The SMILES string of the molecule is CC1=CC(NC(=O)c2ccccc2)N(C)C(C)=C1. The van der Waals surface area contributed by atoms with Crippen molar-refractivity contribution in [3.05, 3.63) is 59.3 Å². The largest absolute Gasteiger partial charge is 0.355 e. The number of benzene rings is 1. The second-order valence-corrected chi connectivity index (χ2v) is 4.59. The molecule has 0 bridgehead atoms. The Bertz CT molecular complexity index is 502. The molecule has 1 atom stereocenters. The minimum Gasteiger partial charge on any atom is -0.355 e. The second kappa shape index (κ2) is 5.08. The summed E-state index contributed by atoms with van der Waals surface area (Å²) in [5.41, 5.74) is 3.00. The average Bonchev–Trinajstić information content (AvgIpc) is 2.36. The minimum atomic E-state index is -0.0808. The number of nitrogens with zero attached hydrogens (tertiary/aromatic N) is 1. The van der Waals surface area contributed by atoms with Crippen molar-refractivity contribution in [3.8, 4) is 0 Å². The zero-order valence-corrected chi connectivity index (χ0v) is 11.0. The first kappa shape index (κ1) is 12.4. The zero-order valence-electron chi connectivity index (χ0n) is 11.0. The normalized spacial score (nSPS) is 19.1. The summed E-state index contributed by atoms with van der Waals surface area (Å²) in [6, 6.07) is 9.27. The Morgan fingerprint density at radius 3 is 2.56 bits per heavy atom. The van der Waals surface area contributed by atoms with Gasteiger partial charge in [0.15, 0.2) is 0 Å². The van der Waals surface area contributed by atoms with E-state index in [1.165, 1.54) is 5.57 Å². The smallest absolute Gasteiger partial charge is 0.253 e. The lowest BCUT2D eigenvalue weighted by Crippen LogP contribution is -2.45. The third kappa shape index (κ3) is 2.62. The lowest BCUT2D eigenvalue weighted by atomic mass is 10.1. The van der Waals surface area contributed by atoms with Crippen molar-refractivity contribution in [1.82, 2.24) is 10.2 Å². The summed E-state index contributed by atoms with van der Waals surface area (Å²) in [6.45, 7) is 4.08. The van der Waals surface area contributed by atoms with Crippen LogP contribution in [-0.4, -0.2) is 24.0 Å². The predicted octanol–water partition coefficient (Wildman–Crippen LogP) is 2.54. The predicted molar refractivity (Wildman–Crippen MR) is 73.0 cm³/mol. The van der Waals surface area contributed by atoms with Gasteiger partial charge in [0.05, 0.1) is 0 Å². The van der Waals surface area contributed by atoms with Crippen LogP contribution in [0.5, 0.6) is 0 Å². The minimum absolute atomic E-state index is 0.0498. The van der Waals surface area contributed by atoms with Crippen molar-refractivity contribution in [2.45, 2.75) is 20.0 Å². The van der Waals surface area contributed by atoms with Gasteiger partial charge in [0, 0.05) is 18.3 Å². The third-order valence-electron chi connectivity index (χ3n) is 3.15. The Kier molecular flexibility index (Phi) is 3.51. The molecule has 18 heavy (non-hydrogen) atoms. The molecule has 0 saturated heterocycles. The third-order valence-corrected chi connectivity index (χ3v) is 3.15. The topological polar surface area (TPSA) is 32.3 Å². The molecule has 0 fully saturated rings. The highest BCUT2D eigenvalue weighted by molar-refractivity contribution is 5.94. The zero-order chi connectivity index (χ0) is 13.1. The van der Waals surface area contributed by atoms with Crippen molar-refractivity contribution >= 4 is 5.91 Å². The molecule has 1 aromatic rings. The lowest BCUT2D eigenvalue weighted by Gasteiger charge is -2.32. The fourth-order valence-electron chi connectivity index (χ4n) is 2.01. The molecule has 1 unspecified atom stereocenters. The highest BCUT2D eigenvalue weighted by Gasteiger charge is 2.19. The highest BCUT2D eigenvalue weighted by atomic mass is 16.1. The van der Waals surface area contributed by atoms with Gasteiger partial charge in [-0.25, -0.2) is 0 Å². The molecule has 1 heterocycles. The van der Waals surface area contributed by atoms with Crippen LogP contribution in [0.1, 0.15) is 24.2 Å². The Labute approximate surface area is 108 Å². The van der Waals surface area contributed by atoms with Gasteiger partial charge in [0.25, 0.3) is 5.91 Å². The Morgan fingerprint density at radius 1 is 1.22 bits per heavy atom. The van der Waals surface area contributed by atoms with Gasteiger partial charge in [-0.2, -0.15) is 0 Å². The molecule has 3 nitrogen and oxygen atoms in total. The number of hydrogen-bond donors (Lipinski definition) is 1. The first-order chi connectivity index (χ1) is 8.58. The first-order valence-electron chi connectivity index (χ1n) is 6.03. The van der Waals surface area contributed by atoms with E-state index >= 15 is 0 Å². The molecule has 0 radical (unpaired) electrons. The second-order valence-electron chi connectivity index (χ2n) is 4.59. The molecule has 94 valence electrons. The number of carbonyl (C=O) groups is 1. The van der Waals surface area contributed by atoms with Crippen LogP contribution in [0.15, 0.2) is 53.8 Å². The van der Waals surface area contributed by atoms with Crippen LogP contribution in [0, 0.1) is 0 Å². The van der Waals surface area contributed by atoms with E-state index in [1.807, 2.05) is 62.2 Å². The standard InChI is InChI=1S/C15H18N2O/c1-11-9-12(2)17(3)14(10-11)16-15(18)13-7-5-4-6-8-13/h4-10,14H,1-3H3,(H,16,18). The van der Waals surface area contributed by atoms with Gasteiger partial charge >= 0.3 is 0 Å². The monoisotopic (exact) mass is 242 g/mol. The molecular weight excluding hydrogens is 224 g/mol. The Balaban J connectivity index is 2.11. The molecule has 2 rings (SSSR count). The van der Waals surface area contributed by atoms with Crippen LogP contribution in [0.3, 0.4) is 0 Å². The van der Waals surface area contributed by atoms with Gasteiger partial charge < -0.3 is 10.2 Å². The maximum absolute atomic E-state index is 12.1. The molecule has 1 aliphatic rings. The van der Waals surface area contributed by atoms with Crippen molar-refractivity contribution in [2.24, 2.45) is 0 Å². The summed E-state index contributed by atoms with van der Waals surface area (Å²) in [7, 11) is 1.98. The number of nitrogens with one attached hydrogen (secondary N) is 1. The number of rotatable bonds is 2. The molecule has 0 saturated carbocycles. The summed E-state index contributed by atoms with van der Waals surface area (Å²) in [6.07, 6.45) is 4.07. The average molecular weight is 242 g/mol. The molecule has 0 spiro atoms. The van der Waals surface area contributed by atoms with Crippen LogP contribution in [0.4, 0.5) is 0 Å². The number of likely N-dealkylation sites (N-methyl/N-ethyl adjacent to an activating group) is 1. The van der Waals surface area contributed by atoms with E-state index in [2.05, 4.69) is 11.4 Å². The van der Waals surface area contributed by atoms with Crippen LogP contribution in [-0.2, 0) is 0 Å². The summed E-state index contributed by atoms with van der Waals surface area (Å²) < 4.78 is 0. The number of carbonyl (C=O) groups excluding carboxylic acids is 1. The first-order valence-corrected chi connectivity index (χ1v) is 6.03. The molecular formula is C15H18N2O. The number of allylic oxidation sites excluding steroid dienone is 3. The van der Waals surface area contributed by atoms with Crippen LogP contribution < -0.4 is 5.32 Å². The summed E-state index contributed by atoms with van der Waals surface area (Å²) in [5, 5.41) is 3.02. The quantitative estimate of drug-likeness (QED) is 0.864. The van der Waals surface area contributed by atoms with Crippen molar-refractivity contribution < 1.29 is 4.79 Å². The summed E-state index contributed by atoms with van der Waals surface area (Å²) >= 11 is 0. The molecule has 3 heteroatoms. The van der Waals surface area contributed by atoms with Crippen LogP contribution in [0.25, 0.3) is 0 Å². The van der Waals surface area contributed by atoms with Crippen LogP contribution >= 0.6 is 0 Å². The highest BCUT2D eigenvalue weighted by Crippen LogP contribution is 2.16. The van der Waals surface area contributed by atoms with Gasteiger partial charge in [-0.15, -0.1) is 0 Å². The fraction of sp³-hybridized carbons (Fsp3) is 0.267. The van der Waals surface area contributed by atoms with Crippen LogP contribution in [0.2, 0.25) is 0 Å².